The number of hydrogen-bond acceptors (Lipinski definition) is 6. The molecule has 0 aliphatic carbocycles. The van der Waals surface area contributed by atoms with Gasteiger partial charge in [0, 0.05) is 32.0 Å². The summed E-state index contributed by atoms with van der Waals surface area (Å²) in [5, 5.41) is 10.8. The Kier molecular flexibility index (Phi) is 3.52. The van der Waals surface area contributed by atoms with Gasteiger partial charge in [-0.25, -0.2) is 9.97 Å². The van der Waals surface area contributed by atoms with Crippen molar-refractivity contribution in [2.45, 2.75) is 39.7 Å². The van der Waals surface area contributed by atoms with Gasteiger partial charge in [0.2, 0.25) is 0 Å². The summed E-state index contributed by atoms with van der Waals surface area (Å²) in [6.07, 6.45) is 0.898. The number of rotatable bonds is 2. The predicted molar refractivity (Wildman–Crippen MR) is 92.2 cm³/mol. The van der Waals surface area contributed by atoms with Crippen LogP contribution < -0.4 is 4.90 Å². The van der Waals surface area contributed by atoms with Crippen molar-refractivity contribution in [3.8, 4) is 0 Å². The van der Waals surface area contributed by atoms with Gasteiger partial charge in [-0.2, -0.15) is 0 Å². The highest BCUT2D eigenvalue weighted by Crippen LogP contribution is 2.30. The molecule has 120 valence electrons. The van der Waals surface area contributed by atoms with Crippen LogP contribution in [0.25, 0.3) is 10.2 Å². The molecule has 0 saturated heterocycles. The molecule has 0 saturated carbocycles. The molecule has 0 unspecified atom stereocenters. The maximum absolute atomic E-state index is 4.72. The molecule has 3 aromatic heterocycles. The van der Waals surface area contributed by atoms with Crippen molar-refractivity contribution in [2.24, 2.45) is 0 Å². The molecule has 7 heteroatoms. The summed E-state index contributed by atoms with van der Waals surface area (Å²) in [6.45, 7) is 9.05. The zero-order valence-corrected chi connectivity index (χ0v) is 14.5. The Bertz CT molecular complexity index is 849. The van der Waals surface area contributed by atoms with E-state index in [0.29, 0.717) is 5.92 Å². The van der Waals surface area contributed by atoms with Crippen LogP contribution in [-0.4, -0.2) is 37.8 Å². The van der Waals surface area contributed by atoms with Crippen LogP contribution in [0.5, 0.6) is 0 Å². The number of fused-ring (bicyclic) bond motifs is 2. The van der Waals surface area contributed by atoms with Crippen molar-refractivity contribution in [1.29, 1.82) is 0 Å². The Morgan fingerprint density at radius 3 is 2.83 bits per heavy atom. The highest BCUT2D eigenvalue weighted by Gasteiger charge is 2.22. The van der Waals surface area contributed by atoms with E-state index in [0.717, 1.165) is 54.9 Å². The first-order valence-electron chi connectivity index (χ1n) is 8.02. The number of thiophene rings is 1. The monoisotopic (exact) mass is 328 g/mol. The second kappa shape index (κ2) is 5.56. The van der Waals surface area contributed by atoms with Crippen molar-refractivity contribution in [3.63, 3.8) is 0 Å². The van der Waals surface area contributed by atoms with Crippen LogP contribution >= 0.6 is 11.3 Å². The van der Waals surface area contributed by atoms with E-state index in [2.05, 4.69) is 49.9 Å². The van der Waals surface area contributed by atoms with Crippen LogP contribution in [0.1, 0.15) is 37.2 Å². The Balaban J connectivity index is 1.68. The van der Waals surface area contributed by atoms with Crippen molar-refractivity contribution in [2.75, 3.05) is 18.0 Å². The minimum absolute atomic E-state index is 0.396. The quantitative estimate of drug-likeness (QED) is 0.724. The van der Waals surface area contributed by atoms with Crippen LogP contribution in [0.4, 0.5) is 5.82 Å². The smallest absolute Gasteiger partial charge is 0.150 e. The first-order chi connectivity index (χ1) is 11.1. The van der Waals surface area contributed by atoms with Gasteiger partial charge in [-0.15, -0.1) is 21.5 Å². The highest BCUT2D eigenvalue weighted by atomic mass is 32.1. The third-order valence-electron chi connectivity index (χ3n) is 4.27. The molecule has 3 aromatic rings. The Labute approximate surface area is 139 Å². The zero-order chi connectivity index (χ0) is 16.0. The van der Waals surface area contributed by atoms with Crippen molar-refractivity contribution in [1.82, 2.24) is 24.7 Å². The Hall–Kier alpha value is -2.02. The van der Waals surface area contributed by atoms with E-state index in [-0.39, 0.29) is 0 Å². The third-order valence-corrected chi connectivity index (χ3v) is 5.17. The second-order valence-corrected chi connectivity index (χ2v) is 7.16. The topological polar surface area (TPSA) is 59.7 Å². The number of aryl methyl sites for hydroxylation is 1. The number of hydrogen-bond donors (Lipinski definition) is 0. The molecule has 0 amide bonds. The molecule has 0 N–H and O–H groups in total. The summed E-state index contributed by atoms with van der Waals surface area (Å²) in [7, 11) is 0. The summed E-state index contributed by atoms with van der Waals surface area (Å²) in [6, 6.07) is 2.07. The third kappa shape index (κ3) is 2.49. The molecule has 23 heavy (non-hydrogen) atoms. The number of anilines is 1. The average Bonchev–Trinajstić information content (AvgIpc) is 3.09. The first kappa shape index (κ1) is 14.6. The van der Waals surface area contributed by atoms with Crippen molar-refractivity contribution >= 4 is 27.4 Å². The highest BCUT2D eigenvalue weighted by molar-refractivity contribution is 7.17. The fourth-order valence-corrected chi connectivity index (χ4v) is 4.01. The summed E-state index contributed by atoms with van der Waals surface area (Å²) in [5.74, 6) is 4.46. The van der Waals surface area contributed by atoms with E-state index >= 15 is 0 Å². The normalized spacial score (nSPS) is 15.2. The van der Waals surface area contributed by atoms with Gasteiger partial charge >= 0.3 is 0 Å². The average molecular weight is 328 g/mol. The molecule has 0 fully saturated rings. The lowest BCUT2D eigenvalue weighted by Gasteiger charge is -2.22. The fraction of sp³-hybridized carbons (Fsp3) is 0.500. The molecule has 0 spiro atoms. The van der Waals surface area contributed by atoms with Crippen molar-refractivity contribution in [3.05, 3.63) is 28.9 Å². The molecule has 0 bridgehead atoms. The molecule has 6 nitrogen and oxygen atoms in total. The first-order valence-corrected chi connectivity index (χ1v) is 8.90. The van der Waals surface area contributed by atoms with Gasteiger partial charge in [0.05, 0.1) is 10.2 Å². The van der Waals surface area contributed by atoms with E-state index < -0.39 is 0 Å². The van der Waals surface area contributed by atoms with Gasteiger partial charge in [0.15, 0.2) is 0 Å². The number of nitrogens with zero attached hydrogens (tertiary/aromatic N) is 6. The summed E-state index contributed by atoms with van der Waals surface area (Å²) in [4.78, 5) is 11.6. The summed E-state index contributed by atoms with van der Waals surface area (Å²) in [5.41, 5.74) is 1.05. The maximum Gasteiger partial charge on any atom is 0.150 e. The van der Waals surface area contributed by atoms with Crippen LogP contribution in [0.3, 0.4) is 0 Å². The van der Waals surface area contributed by atoms with E-state index in [1.54, 1.807) is 11.3 Å². The molecule has 1 aliphatic rings. The zero-order valence-electron chi connectivity index (χ0n) is 13.7. The molecular formula is C16H20N6S. The lowest BCUT2D eigenvalue weighted by atomic mass is 10.2. The van der Waals surface area contributed by atoms with Crippen molar-refractivity contribution < 1.29 is 0 Å². The van der Waals surface area contributed by atoms with E-state index in [1.165, 1.54) is 4.70 Å². The predicted octanol–water partition coefficient (Wildman–Crippen LogP) is 2.78. The standard InChI is InChI=1S/C16H20N6S/c1-10(2)15-20-19-13-4-6-21(7-8-22(13)15)16-14-12(5-9-23-14)17-11(3)18-16/h5,9-10H,4,6-8H2,1-3H3. The van der Waals surface area contributed by atoms with Gasteiger partial charge in [0.1, 0.15) is 23.3 Å². The van der Waals surface area contributed by atoms with Gasteiger partial charge in [0.25, 0.3) is 0 Å². The lowest BCUT2D eigenvalue weighted by molar-refractivity contribution is 0.617. The Morgan fingerprint density at radius 2 is 2.00 bits per heavy atom. The minimum atomic E-state index is 0.396. The molecule has 0 radical (unpaired) electrons. The van der Waals surface area contributed by atoms with E-state index in [9.17, 15) is 0 Å². The minimum Gasteiger partial charge on any atom is -0.353 e. The van der Waals surface area contributed by atoms with Crippen LogP contribution in [0, 0.1) is 6.92 Å². The SMILES string of the molecule is Cc1nc(N2CCc3nnc(C(C)C)n3CC2)c2sccc2n1. The molecular weight excluding hydrogens is 308 g/mol. The molecule has 4 heterocycles. The van der Waals surface area contributed by atoms with Gasteiger partial charge in [-0.3, -0.25) is 0 Å². The molecule has 0 aromatic carbocycles. The second-order valence-electron chi connectivity index (χ2n) is 6.25. The van der Waals surface area contributed by atoms with Gasteiger partial charge < -0.3 is 9.47 Å². The van der Waals surface area contributed by atoms with Crippen LogP contribution in [-0.2, 0) is 13.0 Å². The van der Waals surface area contributed by atoms with E-state index in [4.69, 9.17) is 4.98 Å². The molecule has 0 atom stereocenters. The maximum atomic E-state index is 4.72. The van der Waals surface area contributed by atoms with Crippen LogP contribution in [0.15, 0.2) is 11.4 Å². The number of aromatic nitrogens is 5. The van der Waals surface area contributed by atoms with Crippen LogP contribution in [0.2, 0.25) is 0 Å². The molecule has 4 rings (SSSR count). The van der Waals surface area contributed by atoms with E-state index in [1.807, 2.05) is 6.92 Å². The summed E-state index contributed by atoms with van der Waals surface area (Å²) >= 11 is 1.72. The fourth-order valence-electron chi connectivity index (χ4n) is 3.16. The lowest BCUT2D eigenvalue weighted by Crippen LogP contribution is -2.28. The largest absolute Gasteiger partial charge is 0.353 e. The van der Waals surface area contributed by atoms with Gasteiger partial charge in [-0.1, -0.05) is 13.8 Å². The molecule has 1 aliphatic heterocycles. The Morgan fingerprint density at radius 1 is 1.13 bits per heavy atom. The van der Waals surface area contributed by atoms with Gasteiger partial charge in [-0.05, 0) is 18.4 Å². The summed E-state index contributed by atoms with van der Waals surface area (Å²) < 4.78 is 3.46.